The highest BCUT2D eigenvalue weighted by Crippen LogP contribution is 2.23. The van der Waals surface area contributed by atoms with Crippen molar-refractivity contribution >= 4 is 5.71 Å². The fourth-order valence-electron chi connectivity index (χ4n) is 2.64. The maximum absolute atomic E-state index is 11.8. The first kappa shape index (κ1) is 16.2. The van der Waals surface area contributed by atoms with Crippen LogP contribution in [0.2, 0.25) is 0 Å². The Labute approximate surface area is 131 Å². The first-order chi connectivity index (χ1) is 10.5. The standard InChI is InChI=1S/C19H24N2O/c1-4-16-12-18(14(3)21-19(16)22)17-10-8-15(9-11-17)7-5-6-13(2)20/h8-12,20H,4-7H2,1-3H3,(H,21,22). The summed E-state index contributed by atoms with van der Waals surface area (Å²) in [5, 5.41) is 7.46. The van der Waals surface area contributed by atoms with Crippen LogP contribution < -0.4 is 5.56 Å². The monoisotopic (exact) mass is 296 g/mol. The highest BCUT2D eigenvalue weighted by atomic mass is 16.1. The predicted molar refractivity (Wildman–Crippen MR) is 93.0 cm³/mol. The summed E-state index contributed by atoms with van der Waals surface area (Å²) in [6.45, 7) is 5.79. The lowest BCUT2D eigenvalue weighted by molar-refractivity contribution is 0.860. The Balaban J connectivity index is 2.20. The third kappa shape index (κ3) is 3.94. The van der Waals surface area contributed by atoms with Crippen LogP contribution in [-0.2, 0) is 12.8 Å². The van der Waals surface area contributed by atoms with Gasteiger partial charge in [-0.25, -0.2) is 0 Å². The lowest BCUT2D eigenvalue weighted by Gasteiger charge is -2.09. The van der Waals surface area contributed by atoms with Gasteiger partial charge in [-0.15, -0.1) is 0 Å². The highest BCUT2D eigenvalue weighted by Gasteiger charge is 2.07. The van der Waals surface area contributed by atoms with E-state index in [4.69, 9.17) is 5.41 Å². The molecular formula is C19H24N2O. The number of H-pyrrole nitrogens is 1. The Kier molecular flexibility index (Phi) is 5.31. The smallest absolute Gasteiger partial charge is 0.251 e. The van der Waals surface area contributed by atoms with Crippen molar-refractivity contribution in [1.82, 2.24) is 4.98 Å². The van der Waals surface area contributed by atoms with E-state index in [1.807, 2.05) is 26.8 Å². The van der Waals surface area contributed by atoms with Crippen molar-refractivity contribution in [3.63, 3.8) is 0 Å². The quantitative estimate of drug-likeness (QED) is 0.768. The maximum Gasteiger partial charge on any atom is 0.251 e. The molecule has 2 aromatic rings. The van der Waals surface area contributed by atoms with Crippen LogP contribution in [0.15, 0.2) is 35.1 Å². The molecule has 0 spiro atoms. The van der Waals surface area contributed by atoms with Gasteiger partial charge in [-0.3, -0.25) is 4.79 Å². The Morgan fingerprint density at radius 3 is 2.50 bits per heavy atom. The van der Waals surface area contributed by atoms with Gasteiger partial charge in [-0.05, 0) is 56.7 Å². The Morgan fingerprint density at radius 1 is 1.23 bits per heavy atom. The van der Waals surface area contributed by atoms with Crippen molar-refractivity contribution in [2.45, 2.75) is 46.5 Å². The molecule has 0 saturated carbocycles. The van der Waals surface area contributed by atoms with E-state index in [0.717, 1.165) is 53.8 Å². The number of aromatic amines is 1. The second kappa shape index (κ2) is 7.21. The van der Waals surface area contributed by atoms with Crippen molar-refractivity contribution < 1.29 is 0 Å². The number of aryl methyl sites for hydroxylation is 3. The number of benzene rings is 1. The Morgan fingerprint density at radius 2 is 1.91 bits per heavy atom. The molecule has 116 valence electrons. The zero-order valence-corrected chi connectivity index (χ0v) is 13.6. The van der Waals surface area contributed by atoms with Gasteiger partial charge in [-0.2, -0.15) is 0 Å². The molecule has 0 unspecified atom stereocenters. The van der Waals surface area contributed by atoms with Gasteiger partial charge in [0.15, 0.2) is 0 Å². The van der Waals surface area contributed by atoms with Crippen LogP contribution in [0.3, 0.4) is 0 Å². The SMILES string of the molecule is CCc1cc(-c2ccc(CCCC(C)=N)cc2)c(C)[nH]c1=O. The second-order valence-corrected chi connectivity index (χ2v) is 5.85. The molecule has 3 heteroatoms. The molecule has 0 fully saturated rings. The van der Waals surface area contributed by atoms with Crippen LogP contribution in [0, 0.1) is 12.3 Å². The minimum absolute atomic E-state index is 0.0161. The van der Waals surface area contributed by atoms with Gasteiger partial charge in [0.1, 0.15) is 0 Å². The molecule has 0 saturated heterocycles. The van der Waals surface area contributed by atoms with Crippen LogP contribution in [-0.4, -0.2) is 10.7 Å². The van der Waals surface area contributed by atoms with Gasteiger partial charge in [0.25, 0.3) is 5.56 Å². The van der Waals surface area contributed by atoms with E-state index in [-0.39, 0.29) is 5.56 Å². The summed E-state index contributed by atoms with van der Waals surface area (Å²) in [5.41, 5.74) is 6.02. The van der Waals surface area contributed by atoms with Gasteiger partial charge >= 0.3 is 0 Å². The van der Waals surface area contributed by atoms with Crippen molar-refractivity contribution in [2.24, 2.45) is 0 Å². The van der Waals surface area contributed by atoms with Crippen molar-refractivity contribution in [3.8, 4) is 11.1 Å². The number of nitrogens with one attached hydrogen (secondary N) is 2. The molecule has 0 radical (unpaired) electrons. The van der Waals surface area contributed by atoms with Crippen molar-refractivity contribution in [1.29, 1.82) is 5.41 Å². The van der Waals surface area contributed by atoms with Gasteiger partial charge in [0.05, 0.1) is 0 Å². The average Bonchev–Trinajstić information content (AvgIpc) is 2.48. The van der Waals surface area contributed by atoms with Gasteiger partial charge in [0.2, 0.25) is 0 Å². The summed E-state index contributed by atoms with van der Waals surface area (Å²) in [6, 6.07) is 10.5. The lowest BCUT2D eigenvalue weighted by Crippen LogP contribution is -2.13. The zero-order valence-electron chi connectivity index (χ0n) is 13.6. The molecule has 0 bridgehead atoms. The van der Waals surface area contributed by atoms with Crippen LogP contribution in [0.1, 0.15) is 43.5 Å². The van der Waals surface area contributed by atoms with Crippen LogP contribution in [0.25, 0.3) is 11.1 Å². The summed E-state index contributed by atoms with van der Waals surface area (Å²) < 4.78 is 0. The number of rotatable bonds is 6. The van der Waals surface area contributed by atoms with Crippen LogP contribution in [0.5, 0.6) is 0 Å². The zero-order chi connectivity index (χ0) is 16.1. The van der Waals surface area contributed by atoms with E-state index in [9.17, 15) is 4.79 Å². The second-order valence-electron chi connectivity index (χ2n) is 5.85. The molecule has 0 aliphatic carbocycles. The third-order valence-electron chi connectivity index (χ3n) is 3.98. The molecular weight excluding hydrogens is 272 g/mol. The highest BCUT2D eigenvalue weighted by molar-refractivity contribution is 5.78. The molecule has 3 nitrogen and oxygen atoms in total. The molecule has 0 atom stereocenters. The summed E-state index contributed by atoms with van der Waals surface area (Å²) in [6.07, 6.45) is 3.62. The fraction of sp³-hybridized carbons (Fsp3) is 0.368. The molecule has 1 aromatic carbocycles. The van der Waals surface area contributed by atoms with E-state index in [1.165, 1.54) is 5.56 Å². The molecule has 0 aliphatic heterocycles. The minimum Gasteiger partial charge on any atom is -0.326 e. The normalized spacial score (nSPS) is 10.7. The Bertz CT molecular complexity index is 711. The van der Waals surface area contributed by atoms with E-state index in [2.05, 4.69) is 29.2 Å². The van der Waals surface area contributed by atoms with Gasteiger partial charge in [0, 0.05) is 22.5 Å². The van der Waals surface area contributed by atoms with E-state index < -0.39 is 0 Å². The topological polar surface area (TPSA) is 56.7 Å². The first-order valence-electron chi connectivity index (χ1n) is 7.87. The largest absolute Gasteiger partial charge is 0.326 e. The third-order valence-corrected chi connectivity index (χ3v) is 3.98. The summed E-state index contributed by atoms with van der Waals surface area (Å²) in [7, 11) is 0. The summed E-state index contributed by atoms with van der Waals surface area (Å²) >= 11 is 0. The van der Waals surface area contributed by atoms with E-state index in [1.54, 1.807) is 0 Å². The molecule has 1 aromatic heterocycles. The maximum atomic E-state index is 11.8. The molecule has 0 amide bonds. The number of hydrogen-bond acceptors (Lipinski definition) is 2. The van der Waals surface area contributed by atoms with Gasteiger partial charge in [-0.1, -0.05) is 31.2 Å². The minimum atomic E-state index is 0.0161. The summed E-state index contributed by atoms with van der Waals surface area (Å²) in [5.74, 6) is 0. The van der Waals surface area contributed by atoms with Gasteiger partial charge < -0.3 is 10.4 Å². The number of aromatic nitrogens is 1. The van der Waals surface area contributed by atoms with Crippen LogP contribution in [0.4, 0.5) is 0 Å². The molecule has 0 aliphatic rings. The van der Waals surface area contributed by atoms with E-state index in [0.29, 0.717) is 0 Å². The fourth-order valence-corrected chi connectivity index (χ4v) is 2.64. The number of pyridine rings is 1. The van der Waals surface area contributed by atoms with Crippen LogP contribution >= 0.6 is 0 Å². The van der Waals surface area contributed by atoms with E-state index >= 15 is 0 Å². The van der Waals surface area contributed by atoms with Crippen molar-refractivity contribution in [2.75, 3.05) is 0 Å². The molecule has 22 heavy (non-hydrogen) atoms. The predicted octanol–water partition coefficient (Wildman–Crippen LogP) is 4.28. The molecule has 1 heterocycles. The first-order valence-corrected chi connectivity index (χ1v) is 7.87. The molecule has 2 rings (SSSR count). The lowest BCUT2D eigenvalue weighted by atomic mass is 9.99. The molecule has 2 N–H and O–H groups in total. The van der Waals surface area contributed by atoms with Crippen molar-refractivity contribution in [3.05, 3.63) is 57.5 Å². The number of hydrogen-bond donors (Lipinski definition) is 2. The summed E-state index contributed by atoms with van der Waals surface area (Å²) in [4.78, 5) is 14.7. The Hall–Kier alpha value is -2.16. The average molecular weight is 296 g/mol.